The first kappa shape index (κ1) is 7.52. The molecule has 0 aromatic heterocycles. The highest BCUT2D eigenvalue weighted by Gasteiger charge is 1.95. The van der Waals surface area contributed by atoms with Gasteiger partial charge in [0.25, 0.3) is 0 Å². The molecule has 0 amide bonds. The van der Waals surface area contributed by atoms with Crippen molar-refractivity contribution in [1.29, 1.82) is 0 Å². The number of hydrogen-bond acceptors (Lipinski definition) is 1. The van der Waals surface area contributed by atoms with Crippen molar-refractivity contribution >= 4 is 0 Å². The number of rotatable bonds is 3. The summed E-state index contributed by atoms with van der Waals surface area (Å²) in [6.07, 6.45) is 8.32. The summed E-state index contributed by atoms with van der Waals surface area (Å²) in [5.74, 6) is 2.22. The van der Waals surface area contributed by atoms with Gasteiger partial charge in [0.15, 0.2) is 0 Å². The third kappa shape index (κ3) is 3.70. The first-order chi connectivity index (χ1) is 3.81. The zero-order chi connectivity index (χ0) is 6.41. The van der Waals surface area contributed by atoms with Crippen LogP contribution in [0.4, 0.5) is 0 Å². The molecule has 1 N–H and O–H groups in total. The van der Waals surface area contributed by atoms with E-state index in [1.165, 1.54) is 0 Å². The molecule has 0 aliphatic carbocycles. The summed E-state index contributed by atoms with van der Waals surface area (Å²) >= 11 is 0. The lowest BCUT2D eigenvalue weighted by molar-refractivity contribution is 0.162. The van der Waals surface area contributed by atoms with Gasteiger partial charge in [0.2, 0.25) is 0 Å². The van der Waals surface area contributed by atoms with E-state index in [-0.39, 0.29) is 6.10 Å². The lowest BCUT2D eigenvalue weighted by Gasteiger charge is -2.01. The summed E-state index contributed by atoms with van der Waals surface area (Å²) in [6, 6.07) is 0. The Morgan fingerprint density at radius 3 is 2.75 bits per heavy atom. The van der Waals surface area contributed by atoms with Crippen LogP contribution in [0.5, 0.6) is 0 Å². The van der Waals surface area contributed by atoms with Crippen molar-refractivity contribution in [3.8, 4) is 5.92 Å². The van der Waals surface area contributed by atoms with E-state index in [2.05, 4.69) is 5.92 Å². The highest BCUT2D eigenvalue weighted by atomic mass is 16.3. The molecule has 1 heteroatoms. The predicted molar refractivity (Wildman–Crippen MR) is 32.7 cm³/mol. The quantitative estimate of drug-likeness (QED) is 0.541. The van der Waals surface area contributed by atoms with Gasteiger partial charge in [-0.2, -0.15) is 0 Å². The van der Waals surface area contributed by atoms with Crippen LogP contribution in [-0.2, 0) is 0 Å². The molecular weight excluding hydrogens is 100 g/mol. The first-order valence-corrected chi connectivity index (χ1v) is 2.89. The van der Waals surface area contributed by atoms with Crippen LogP contribution in [0.3, 0.4) is 0 Å². The number of hydrogen-bond donors (Lipinski definition) is 1. The monoisotopic (exact) mass is 111 g/mol. The molecule has 1 atom stereocenters. The van der Waals surface area contributed by atoms with Gasteiger partial charge in [-0.05, 0) is 19.3 Å². The van der Waals surface area contributed by atoms with Gasteiger partial charge in [-0.25, -0.2) is 0 Å². The summed E-state index contributed by atoms with van der Waals surface area (Å²) in [5.41, 5.74) is 0. The van der Waals surface area contributed by atoms with Crippen molar-refractivity contribution in [2.24, 2.45) is 0 Å². The minimum atomic E-state index is -0.229. The second-order valence-corrected chi connectivity index (χ2v) is 1.78. The smallest absolute Gasteiger partial charge is 0.0546 e. The molecule has 1 nitrogen and oxygen atoms in total. The van der Waals surface area contributed by atoms with Crippen LogP contribution < -0.4 is 0 Å². The highest BCUT2D eigenvalue weighted by Crippen LogP contribution is 1.98. The molecule has 8 heavy (non-hydrogen) atoms. The summed E-state index contributed by atoms with van der Waals surface area (Å²) in [4.78, 5) is 0. The van der Waals surface area contributed by atoms with E-state index in [1.54, 1.807) is 0 Å². The fourth-order valence-electron chi connectivity index (χ4n) is 0.443. The molecule has 0 aromatic carbocycles. The molecule has 0 bridgehead atoms. The van der Waals surface area contributed by atoms with Gasteiger partial charge < -0.3 is 5.11 Å². The molecule has 0 aliphatic rings. The lowest BCUT2D eigenvalue weighted by Crippen LogP contribution is -2.02. The Kier molecular flexibility index (Phi) is 4.39. The minimum Gasteiger partial charge on any atom is -0.393 e. The van der Waals surface area contributed by atoms with Gasteiger partial charge in [-0.3, -0.25) is 0 Å². The maximum atomic E-state index is 8.87. The second-order valence-electron chi connectivity index (χ2n) is 1.78. The Morgan fingerprint density at radius 1 is 1.75 bits per heavy atom. The third-order valence-corrected chi connectivity index (χ3v) is 1.07. The summed E-state index contributed by atoms with van der Waals surface area (Å²) in [6.45, 7) is 1.93. The molecule has 0 fully saturated rings. The van der Waals surface area contributed by atoms with E-state index in [4.69, 9.17) is 11.5 Å². The minimum absolute atomic E-state index is 0.229. The van der Waals surface area contributed by atoms with Crippen LogP contribution in [-0.4, -0.2) is 11.2 Å². The van der Waals surface area contributed by atoms with E-state index in [0.717, 1.165) is 6.42 Å². The van der Waals surface area contributed by atoms with E-state index < -0.39 is 0 Å². The Morgan fingerprint density at radius 2 is 2.38 bits per heavy atom. The van der Waals surface area contributed by atoms with E-state index >= 15 is 0 Å². The van der Waals surface area contributed by atoms with Crippen LogP contribution in [0.25, 0.3) is 0 Å². The highest BCUT2D eigenvalue weighted by molar-refractivity contribution is 4.76. The molecular formula is C7H11O. The third-order valence-electron chi connectivity index (χ3n) is 1.07. The second kappa shape index (κ2) is 4.67. The van der Waals surface area contributed by atoms with Crippen molar-refractivity contribution in [3.63, 3.8) is 0 Å². The summed E-state index contributed by atoms with van der Waals surface area (Å²) < 4.78 is 0. The van der Waals surface area contributed by atoms with Crippen molar-refractivity contribution in [2.75, 3.05) is 0 Å². The number of aliphatic hydroxyl groups is 1. The molecule has 45 valence electrons. The zero-order valence-corrected chi connectivity index (χ0v) is 5.15. The van der Waals surface area contributed by atoms with Crippen molar-refractivity contribution in [2.45, 2.75) is 32.3 Å². The zero-order valence-electron chi connectivity index (χ0n) is 5.15. The van der Waals surface area contributed by atoms with Gasteiger partial charge >= 0.3 is 0 Å². The fourth-order valence-corrected chi connectivity index (χ4v) is 0.443. The van der Waals surface area contributed by atoms with Crippen LogP contribution in [0.2, 0.25) is 0 Å². The molecule has 0 aliphatic heterocycles. The molecule has 0 saturated carbocycles. The maximum absolute atomic E-state index is 8.87. The van der Waals surface area contributed by atoms with Crippen LogP contribution in [0.1, 0.15) is 26.2 Å². The SMILES string of the molecule is [C]#CCCC(O)CC. The van der Waals surface area contributed by atoms with E-state index in [1.807, 2.05) is 6.92 Å². The molecule has 0 heterocycles. The summed E-state index contributed by atoms with van der Waals surface area (Å²) in [7, 11) is 0. The molecule has 0 rings (SSSR count). The fraction of sp³-hybridized carbons (Fsp3) is 0.714. The normalized spacial score (nSPS) is 12.6. The van der Waals surface area contributed by atoms with Gasteiger partial charge in [0, 0.05) is 6.42 Å². The predicted octanol–water partition coefficient (Wildman–Crippen LogP) is 1.13. The molecule has 0 saturated heterocycles. The van der Waals surface area contributed by atoms with Crippen LogP contribution in [0, 0.1) is 12.3 Å². The maximum Gasteiger partial charge on any atom is 0.0546 e. The van der Waals surface area contributed by atoms with Gasteiger partial charge in [0.05, 0.1) is 6.10 Å². The molecule has 0 aromatic rings. The topological polar surface area (TPSA) is 20.2 Å². The largest absolute Gasteiger partial charge is 0.393 e. The Balaban J connectivity index is 3.01. The van der Waals surface area contributed by atoms with E-state index in [0.29, 0.717) is 12.8 Å². The average molecular weight is 111 g/mol. The van der Waals surface area contributed by atoms with Gasteiger partial charge in [-0.1, -0.05) is 12.8 Å². The average Bonchev–Trinajstić information content (AvgIpc) is 1.83. The molecule has 1 unspecified atom stereocenters. The van der Waals surface area contributed by atoms with Crippen molar-refractivity contribution in [3.05, 3.63) is 6.42 Å². The lowest BCUT2D eigenvalue weighted by atomic mass is 10.2. The van der Waals surface area contributed by atoms with Crippen molar-refractivity contribution in [1.82, 2.24) is 0 Å². The molecule has 0 spiro atoms. The standard InChI is InChI=1S/C7H11O/c1-3-5-6-7(8)4-2/h7-8H,4-6H2,2H3. The van der Waals surface area contributed by atoms with Crippen LogP contribution >= 0.6 is 0 Å². The van der Waals surface area contributed by atoms with Gasteiger partial charge in [-0.15, -0.1) is 0 Å². The van der Waals surface area contributed by atoms with E-state index in [9.17, 15) is 0 Å². The first-order valence-electron chi connectivity index (χ1n) is 2.89. The Bertz CT molecular complexity index is 80.9. The number of aliphatic hydroxyl groups excluding tert-OH is 1. The molecule has 1 radical (unpaired) electrons. The summed E-state index contributed by atoms with van der Waals surface area (Å²) in [5, 5.41) is 8.87. The van der Waals surface area contributed by atoms with Crippen molar-refractivity contribution < 1.29 is 5.11 Å². The Labute approximate surface area is 50.7 Å². The Hall–Kier alpha value is -0.480. The van der Waals surface area contributed by atoms with Crippen LogP contribution in [0.15, 0.2) is 0 Å². The van der Waals surface area contributed by atoms with Gasteiger partial charge in [0.1, 0.15) is 0 Å².